The van der Waals surface area contributed by atoms with Gasteiger partial charge in [0.1, 0.15) is 12.1 Å². The van der Waals surface area contributed by atoms with Crippen molar-refractivity contribution in [2.45, 2.75) is 45.2 Å². The summed E-state index contributed by atoms with van der Waals surface area (Å²) < 4.78 is 0. The van der Waals surface area contributed by atoms with E-state index in [0.29, 0.717) is 6.42 Å². The summed E-state index contributed by atoms with van der Waals surface area (Å²) in [5.74, 6) is -1.91. The number of benzene rings is 2. The van der Waals surface area contributed by atoms with Gasteiger partial charge in [0.25, 0.3) is 0 Å². The summed E-state index contributed by atoms with van der Waals surface area (Å²) in [5, 5.41) is 21.6. The maximum absolute atomic E-state index is 11.6. The van der Waals surface area contributed by atoms with Crippen LogP contribution in [-0.4, -0.2) is 34.2 Å². The molecule has 144 valence electrons. The molecule has 0 fully saturated rings. The van der Waals surface area contributed by atoms with Gasteiger partial charge in [0, 0.05) is 0 Å². The molecule has 2 aromatic carbocycles. The van der Waals surface area contributed by atoms with Gasteiger partial charge in [-0.2, -0.15) is 0 Å². The number of carboxylic acid groups (broad SMARTS) is 2. The smallest absolute Gasteiger partial charge is 0.321 e. The van der Waals surface area contributed by atoms with Crippen LogP contribution in [0.25, 0.3) is 0 Å². The number of nitrogens with one attached hydrogen (secondary N) is 1. The highest BCUT2D eigenvalue weighted by molar-refractivity contribution is 5.77. The Balaban J connectivity index is 2.03. The average Bonchev–Trinajstić information content (AvgIpc) is 2.62. The van der Waals surface area contributed by atoms with Crippen LogP contribution in [0.1, 0.15) is 37.0 Å². The average molecular weight is 369 g/mol. The molecule has 0 saturated carbocycles. The van der Waals surface area contributed by atoms with Crippen molar-refractivity contribution in [1.29, 1.82) is 0 Å². The van der Waals surface area contributed by atoms with Crippen molar-refractivity contribution in [3.63, 3.8) is 0 Å². The Morgan fingerprint density at radius 3 is 1.85 bits per heavy atom. The fourth-order valence-electron chi connectivity index (χ4n) is 3.03. The lowest BCUT2D eigenvalue weighted by molar-refractivity contribution is -0.142. The quantitative estimate of drug-likeness (QED) is 0.598. The number of aliphatic carboxylic acids is 2. The van der Waals surface area contributed by atoms with Crippen molar-refractivity contribution in [3.05, 3.63) is 71.3 Å². The van der Waals surface area contributed by atoms with E-state index in [1.54, 1.807) is 0 Å². The molecule has 0 aliphatic heterocycles. The van der Waals surface area contributed by atoms with Gasteiger partial charge in [-0.05, 0) is 41.9 Å². The normalized spacial score (nSPS) is 13.3. The van der Waals surface area contributed by atoms with Crippen LogP contribution < -0.4 is 5.32 Å². The number of hydrogen-bond donors (Lipinski definition) is 3. The maximum Gasteiger partial charge on any atom is 0.321 e. The number of rotatable bonds is 10. The van der Waals surface area contributed by atoms with Crippen LogP contribution >= 0.6 is 0 Å². The van der Waals surface area contributed by atoms with E-state index in [2.05, 4.69) is 17.4 Å². The second kappa shape index (κ2) is 9.88. The second-order valence-corrected chi connectivity index (χ2v) is 7.26. The second-order valence-electron chi connectivity index (χ2n) is 7.26. The number of carbonyl (C=O) groups is 2. The highest BCUT2D eigenvalue weighted by Gasteiger charge is 2.26. The number of carboxylic acids is 2. The lowest BCUT2D eigenvalue weighted by Gasteiger charge is -2.22. The summed E-state index contributed by atoms with van der Waals surface area (Å²) in [6.45, 7) is 3.83. The third-order valence-electron chi connectivity index (χ3n) is 4.42. The minimum Gasteiger partial charge on any atom is -0.480 e. The summed E-state index contributed by atoms with van der Waals surface area (Å²) in [5.41, 5.74) is 3.22. The molecule has 0 aliphatic rings. The summed E-state index contributed by atoms with van der Waals surface area (Å²) in [4.78, 5) is 23.0. The first kappa shape index (κ1) is 20.6. The van der Waals surface area contributed by atoms with Crippen molar-refractivity contribution in [2.24, 2.45) is 5.92 Å². The Labute approximate surface area is 160 Å². The standard InChI is InChI=1S/C22H27NO4/c1-15(2)12-19(21(24)25)23-20(22(26)27)14-18-10-8-17(9-11-18)13-16-6-4-3-5-7-16/h3-11,15,19-20,23H,12-14H2,1-2H3,(H,24,25)(H,26,27). The van der Waals surface area contributed by atoms with Gasteiger partial charge >= 0.3 is 11.9 Å². The predicted molar refractivity (Wildman–Crippen MR) is 105 cm³/mol. The lowest BCUT2D eigenvalue weighted by Crippen LogP contribution is -2.48. The Bertz CT molecular complexity index is 741. The molecule has 2 unspecified atom stereocenters. The molecule has 0 amide bonds. The Morgan fingerprint density at radius 2 is 1.33 bits per heavy atom. The molecule has 2 rings (SSSR count). The highest BCUT2D eigenvalue weighted by Crippen LogP contribution is 2.13. The molecule has 0 aliphatic carbocycles. The van der Waals surface area contributed by atoms with E-state index in [4.69, 9.17) is 0 Å². The van der Waals surface area contributed by atoms with E-state index in [0.717, 1.165) is 17.5 Å². The minimum atomic E-state index is -1.04. The van der Waals surface area contributed by atoms with Crippen LogP contribution in [0.5, 0.6) is 0 Å². The molecule has 0 bridgehead atoms. The van der Waals surface area contributed by atoms with E-state index in [9.17, 15) is 19.8 Å². The molecule has 0 radical (unpaired) electrons. The van der Waals surface area contributed by atoms with Crippen molar-refractivity contribution in [2.75, 3.05) is 0 Å². The molecule has 2 aromatic rings. The third-order valence-corrected chi connectivity index (χ3v) is 4.42. The van der Waals surface area contributed by atoms with Crippen LogP contribution in [-0.2, 0) is 22.4 Å². The molecule has 27 heavy (non-hydrogen) atoms. The zero-order valence-electron chi connectivity index (χ0n) is 15.8. The van der Waals surface area contributed by atoms with Crippen molar-refractivity contribution in [3.8, 4) is 0 Å². The van der Waals surface area contributed by atoms with E-state index < -0.39 is 24.0 Å². The Kier molecular flexibility index (Phi) is 7.55. The van der Waals surface area contributed by atoms with Crippen molar-refractivity contribution in [1.82, 2.24) is 5.32 Å². The van der Waals surface area contributed by atoms with Crippen LogP contribution in [0, 0.1) is 5.92 Å². The van der Waals surface area contributed by atoms with Crippen LogP contribution in [0.3, 0.4) is 0 Å². The molecule has 0 aromatic heterocycles. The van der Waals surface area contributed by atoms with Crippen LogP contribution in [0.15, 0.2) is 54.6 Å². The summed E-state index contributed by atoms with van der Waals surface area (Å²) in [7, 11) is 0. The Morgan fingerprint density at radius 1 is 0.815 bits per heavy atom. The zero-order valence-corrected chi connectivity index (χ0v) is 15.8. The first-order chi connectivity index (χ1) is 12.8. The van der Waals surface area contributed by atoms with E-state index in [-0.39, 0.29) is 12.3 Å². The van der Waals surface area contributed by atoms with E-state index in [1.165, 1.54) is 5.56 Å². The van der Waals surface area contributed by atoms with E-state index >= 15 is 0 Å². The monoisotopic (exact) mass is 369 g/mol. The highest BCUT2D eigenvalue weighted by atomic mass is 16.4. The minimum absolute atomic E-state index is 0.158. The topological polar surface area (TPSA) is 86.6 Å². The van der Waals surface area contributed by atoms with Gasteiger partial charge in [-0.1, -0.05) is 68.4 Å². The largest absolute Gasteiger partial charge is 0.480 e. The van der Waals surface area contributed by atoms with Gasteiger partial charge in [0.2, 0.25) is 0 Å². The first-order valence-corrected chi connectivity index (χ1v) is 9.18. The van der Waals surface area contributed by atoms with E-state index in [1.807, 2.05) is 56.3 Å². The molecule has 5 nitrogen and oxygen atoms in total. The zero-order chi connectivity index (χ0) is 19.8. The van der Waals surface area contributed by atoms with Crippen LogP contribution in [0.2, 0.25) is 0 Å². The van der Waals surface area contributed by atoms with Gasteiger partial charge in [-0.3, -0.25) is 14.9 Å². The fraction of sp³-hybridized carbons (Fsp3) is 0.364. The van der Waals surface area contributed by atoms with Gasteiger partial charge in [-0.15, -0.1) is 0 Å². The molecule has 2 atom stereocenters. The summed E-state index contributed by atoms with van der Waals surface area (Å²) >= 11 is 0. The van der Waals surface area contributed by atoms with Gasteiger partial charge in [0.15, 0.2) is 0 Å². The maximum atomic E-state index is 11.6. The lowest BCUT2D eigenvalue weighted by atomic mass is 9.99. The van der Waals surface area contributed by atoms with Gasteiger partial charge in [-0.25, -0.2) is 0 Å². The third kappa shape index (κ3) is 6.87. The molecule has 0 heterocycles. The molecular formula is C22H27NO4. The molecule has 5 heteroatoms. The van der Waals surface area contributed by atoms with Crippen LogP contribution in [0.4, 0.5) is 0 Å². The SMILES string of the molecule is CC(C)CC(NC(Cc1ccc(Cc2ccccc2)cc1)C(=O)O)C(=O)O. The predicted octanol–water partition coefficient (Wildman–Crippen LogP) is 3.36. The molecule has 0 saturated heterocycles. The molecule has 3 N–H and O–H groups in total. The Hall–Kier alpha value is -2.66. The fourth-order valence-corrected chi connectivity index (χ4v) is 3.03. The van der Waals surface area contributed by atoms with Gasteiger partial charge in [0.05, 0.1) is 0 Å². The molecule has 0 spiro atoms. The number of hydrogen-bond acceptors (Lipinski definition) is 3. The first-order valence-electron chi connectivity index (χ1n) is 9.18. The van der Waals surface area contributed by atoms with Gasteiger partial charge < -0.3 is 10.2 Å². The van der Waals surface area contributed by atoms with Crippen molar-refractivity contribution >= 4 is 11.9 Å². The summed E-state index contributed by atoms with van der Waals surface area (Å²) in [6.07, 6.45) is 1.44. The van der Waals surface area contributed by atoms with Crippen molar-refractivity contribution < 1.29 is 19.8 Å². The summed E-state index contributed by atoms with van der Waals surface area (Å²) in [6, 6.07) is 16.1. The molecular weight excluding hydrogens is 342 g/mol.